The van der Waals surface area contributed by atoms with Crippen molar-refractivity contribution in [2.45, 2.75) is 6.92 Å². The van der Waals surface area contributed by atoms with Crippen molar-refractivity contribution < 1.29 is 18.8 Å². The van der Waals surface area contributed by atoms with Gasteiger partial charge in [-0.05, 0) is 29.8 Å². The van der Waals surface area contributed by atoms with Crippen LogP contribution in [-0.2, 0) is 9.53 Å². The number of hydrogen-bond acceptors (Lipinski definition) is 5. The lowest BCUT2D eigenvalue weighted by Gasteiger charge is -2.06. The van der Waals surface area contributed by atoms with Gasteiger partial charge in [0, 0.05) is 11.8 Å². The van der Waals surface area contributed by atoms with Crippen LogP contribution in [0, 0.1) is 6.92 Å². The van der Waals surface area contributed by atoms with E-state index in [1.807, 2.05) is 36.4 Å². The summed E-state index contributed by atoms with van der Waals surface area (Å²) in [5.41, 5.74) is 1.21. The SMILES string of the molecule is Cc1cc(C(=O)OCC(=O)Nc2ccc3ccccc3c2)on1. The van der Waals surface area contributed by atoms with Crippen LogP contribution in [0.1, 0.15) is 16.2 Å². The first-order valence-electron chi connectivity index (χ1n) is 7.01. The van der Waals surface area contributed by atoms with Crippen LogP contribution >= 0.6 is 0 Å². The number of ether oxygens (including phenoxy) is 1. The number of amides is 1. The molecule has 3 aromatic rings. The lowest BCUT2D eigenvalue weighted by Crippen LogP contribution is -2.20. The van der Waals surface area contributed by atoms with Crippen molar-refractivity contribution >= 4 is 28.3 Å². The molecule has 0 radical (unpaired) electrons. The summed E-state index contributed by atoms with van der Waals surface area (Å²) in [4.78, 5) is 23.5. The summed E-state index contributed by atoms with van der Waals surface area (Å²) in [6.07, 6.45) is 0. The number of fused-ring (bicyclic) bond motifs is 1. The normalized spacial score (nSPS) is 10.5. The molecule has 1 aromatic heterocycles. The molecule has 0 aliphatic rings. The van der Waals surface area contributed by atoms with Gasteiger partial charge < -0.3 is 14.6 Å². The maximum absolute atomic E-state index is 11.9. The Hall–Kier alpha value is -3.15. The molecule has 6 heteroatoms. The van der Waals surface area contributed by atoms with Crippen molar-refractivity contribution in [1.82, 2.24) is 5.16 Å². The number of carbonyl (C=O) groups excluding carboxylic acids is 2. The summed E-state index contributed by atoms with van der Waals surface area (Å²) in [6, 6.07) is 14.8. The maximum atomic E-state index is 11.9. The number of carbonyl (C=O) groups is 2. The fourth-order valence-corrected chi connectivity index (χ4v) is 2.13. The van der Waals surface area contributed by atoms with Gasteiger partial charge in [0.1, 0.15) is 0 Å². The molecule has 0 aliphatic heterocycles. The van der Waals surface area contributed by atoms with Crippen LogP contribution in [0.25, 0.3) is 10.8 Å². The highest BCUT2D eigenvalue weighted by Crippen LogP contribution is 2.18. The van der Waals surface area contributed by atoms with Gasteiger partial charge in [-0.1, -0.05) is 35.5 Å². The van der Waals surface area contributed by atoms with Gasteiger partial charge in [0.25, 0.3) is 5.91 Å². The van der Waals surface area contributed by atoms with E-state index in [1.54, 1.807) is 13.0 Å². The molecule has 2 aromatic carbocycles. The third-order valence-electron chi connectivity index (χ3n) is 3.20. The Labute approximate surface area is 132 Å². The van der Waals surface area contributed by atoms with E-state index >= 15 is 0 Å². The van der Waals surface area contributed by atoms with Crippen LogP contribution in [0.15, 0.2) is 53.1 Å². The fraction of sp³-hybridized carbons (Fsp3) is 0.118. The van der Waals surface area contributed by atoms with E-state index in [4.69, 9.17) is 9.26 Å². The van der Waals surface area contributed by atoms with Crippen molar-refractivity contribution in [3.63, 3.8) is 0 Å². The van der Waals surface area contributed by atoms with E-state index in [0.29, 0.717) is 11.4 Å². The number of nitrogens with zero attached hydrogens (tertiary/aromatic N) is 1. The zero-order valence-corrected chi connectivity index (χ0v) is 12.4. The second-order valence-corrected chi connectivity index (χ2v) is 5.02. The molecular weight excluding hydrogens is 296 g/mol. The minimum atomic E-state index is -0.723. The average molecular weight is 310 g/mol. The highest BCUT2D eigenvalue weighted by Gasteiger charge is 2.15. The number of aromatic nitrogens is 1. The predicted molar refractivity (Wildman–Crippen MR) is 84.1 cm³/mol. The van der Waals surface area contributed by atoms with Crippen molar-refractivity contribution in [3.8, 4) is 0 Å². The summed E-state index contributed by atoms with van der Waals surface area (Å²) < 4.78 is 9.65. The molecular formula is C17H14N2O4. The number of rotatable bonds is 4. The highest BCUT2D eigenvalue weighted by molar-refractivity contribution is 5.96. The van der Waals surface area contributed by atoms with Gasteiger partial charge in [-0.25, -0.2) is 4.79 Å². The lowest BCUT2D eigenvalue weighted by molar-refractivity contribution is -0.119. The Balaban J connectivity index is 1.59. The van der Waals surface area contributed by atoms with Gasteiger partial charge in [0.2, 0.25) is 5.76 Å². The predicted octanol–water partition coefficient (Wildman–Crippen LogP) is 2.93. The van der Waals surface area contributed by atoms with Crippen LogP contribution in [0.5, 0.6) is 0 Å². The highest BCUT2D eigenvalue weighted by atomic mass is 16.6. The minimum Gasteiger partial charge on any atom is -0.450 e. The van der Waals surface area contributed by atoms with Gasteiger partial charge in [-0.3, -0.25) is 4.79 Å². The molecule has 6 nitrogen and oxygen atoms in total. The number of esters is 1. The molecule has 0 unspecified atom stereocenters. The summed E-state index contributed by atoms with van der Waals surface area (Å²) in [7, 11) is 0. The van der Waals surface area contributed by atoms with E-state index in [0.717, 1.165) is 10.8 Å². The lowest BCUT2D eigenvalue weighted by atomic mass is 10.1. The van der Waals surface area contributed by atoms with Gasteiger partial charge in [-0.15, -0.1) is 0 Å². The first kappa shape index (κ1) is 14.8. The summed E-state index contributed by atoms with van der Waals surface area (Å²) in [5, 5.41) is 8.36. The number of hydrogen-bond donors (Lipinski definition) is 1. The Morgan fingerprint density at radius 3 is 2.65 bits per heavy atom. The maximum Gasteiger partial charge on any atom is 0.377 e. The zero-order valence-electron chi connectivity index (χ0n) is 12.4. The van der Waals surface area contributed by atoms with Crippen LogP contribution < -0.4 is 5.32 Å². The Kier molecular flexibility index (Phi) is 4.05. The third kappa shape index (κ3) is 3.55. The number of nitrogens with one attached hydrogen (secondary N) is 1. The second-order valence-electron chi connectivity index (χ2n) is 5.02. The van der Waals surface area contributed by atoms with E-state index in [9.17, 15) is 9.59 Å². The standard InChI is InChI=1S/C17H14N2O4/c1-11-8-15(23-19-11)17(21)22-10-16(20)18-14-7-6-12-4-2-3-5-13(12)9-14/h2-9H,10H2,1H3,(H,18,20). The van der Waals surface area contributed by atoms with Crippen molar-refractivity contribution in [2.75, 3.05) is 11.9 Å². The van der Waals surface area contributed by atoms with Gasteiger partial charge in [-0.2, -0.15) is 0 Å². The molecule has 0 fully saturated rings. The zero-order chi connectivity index (χ0) is 16.2. The van der Waals surface area contributed by atoms with E-state index in [-0.39, 0.29) is 5.76 Å². The first-order chi connectivity index (χ1) is 11.1. The Bertz CT molecular complexity index is 870. The Morgan fingerprint density at radius 2 is 1.91 bits per heavy atom. The molecule has 0 spiro atoms. The molecule has 0 saturated carbocycles. The molecule has 0 saturated heterocycles. The van der Waals surface area contributed by atoms with Crippen molar-refractivity contribution in [3.05, 3.63) is 60.0 Å². The van der Waals surface area contributed by atoms with Crippen LogP contribution in [0.4, 0.5) is 5.69 Å². The van der Waals surface area contributed by atoms with Crippen LogP contribution in [0.3, 0.4) is 0 Å². The van der Waals surface area contributed by atoms with Crippen LogP contribution in [-0.4, -0.2) is 23.6 Å². The molecule has 1 N–H and O–H groups in total. The van der Waals surface area contributed by atoms with Crippen molar-refractivity contribution in [1.29, 1.82) is 0 Å². The molecule has 0 atom stereocenters. The average Bonchev–Trinajstić information content (AvgIpc) is 2.99. The number of aryl methyl sites for hydroxylation is 1. The summed E-state index contributed by atoms with van der Waals surface area (Å²) in [6.45, 7) is 1.29. The molecule has 1 heterocycles. The fourth-order valence-electron chi connectivity index (χ4n) is 2.13. The largest absolute Gasteiger partial charge is 0.450 e. The molecule has 116 valence electrons. The van der Waals surface area contributed by atoms with E-state index in [1.165, 1.54) is 6.07 Å². The molecule has 0 aliphatic carbocycles. The van der Waals surface area contributed by atoms with E-state index in [2.05, 4.69) is 10.5 Å². The minimum absolute atomic E-state index is 0.0268. The quantitative estimate of drug-likeness (QED) is 0.749. The molecule has 1 amide bonds. The first-order valence-corrected chi connectivity index (χ1v) is 7.01. The molecule has 3 rings (SSSR count). The number of benzene rings is 2. The van der Waals surface area contributed by atoms with Crippen LogP contribution in [0.2, 0.25) is 0 Å². The van der Waals surface area contributed by atoms with E-state index < -0.39 is 18.5 Å². The monoisotopic (exact) mass is 310 g/mol. The Morgan fingerprint density at radius 1 is 1.13 bits per heavy atom. The topological polar surface area (TPSA) is 81.4 Å². The smallest absolute Gasteiger partial charge is 0.377 e. The second kappa shape index (κ2) is 6.31. The number of anilines is 1. The van der Waals surface area contributed by atoms with Crippen molar-refractivity contribution in [2.24, 2.45) is 0 Å². The summed E-state index contributed by atoms with van der Waals surface area (Å²) in [5.74, 6) is -1.18. The van der Waals surface area contributed by atoms with Gasteiger partial charge >= 0.3 is 5.97 Å². The molecule has 0 bridgehead atoms. The summed E-state index contributed by atoms with van der Waals surface area (Å²) >= 11 is 0. The molecule has 23 heavy (non-hydrogen) atoms. The van der Waals surface area contributed by atoms with Gasteiger partial charge in [0.05, 0.1) is 5.69 Å². The third-order valence-corrected chi connectivity index (χ3v) is 3.20. The van der Waals surface area contributed by atoms with Gasteiger partial charge in [0.15, 0.2) is 6.61 Å².